The van der Waals surface area contributed by atoms with Crippen molar-refractivity contribution in [1.29, 1.82) is 0 Å². The minimum atomic E-state index is 0.531. The summed E-state index contributed by atoms with van der Waals surface area (Å²) in [5, 5.41) is 4.27. The highest BCUT2D eigenvalue weighted by Gasteiger charge is 2.20. The van der Waals surface area contributed by atoms with E-state index in [9.17, 15) is 0 Å². The Kier molecular flexibility index (Phi) is 5.72. The van der Waals surface area contributed by atoms with E-state index in [0.717, 1.165) is 18.9 Å². The lowest BCUT2D eigenvalue weighted by atomic mass is 9.79. The Morgan fingerprint density at radius 3 is 2.92 bits per heavy atom. The molecular formula is C21H31N3. The lowest BCUT2D eigenvalue weighted by Gasteiger charge is -2.26. The largest absolute Gasteiger partial charge is 0.330 e. The molecule has 0 amide bonds. The lowest BCUT2D eigenvalue weighted by molar-refractivity contribution is 0.427. The van der Waals surface area contributed by atoms with Gasteiger partial charge in [-0.05, 0) is 79.2 Å². The molecular weight excluding hydrogens is 294 g/mol. The Bertz CT molecular complexity index is 659. The lowest BCUT2D eigenvalue weighted by Crippen LogP contribution is -2.17. The van der Waals surface area contributed by atoms with Crippen LogP contribution in [0.15, 0.2) is 30.6 Å². The van der Waals surface area contributed by atoms with Crippen LogP contribution in [0.3, 0.4) is 0 Å². The summed E-state index contributed by atoms with van der Waals surface area (Å²) in [5.41, 5.74) is 11.9. The quantitative estimate of drug-likeness (QED) is 0.836. The summed E-state index contributed by atoms with van der Waals surface area (Å²) in [4.78, 5) is 0. The van der Waals surface area contributed by atoms with Crippen LogP contribution in [0, 0.1) is 5.92 Å². The molecule has 1 aromatic heterocycles. The third-order valence-corrected chi connectivity index (χ3v) is 5.55. The Balaban J connectivity index is 1.61. The summed E-state index contributed by atoms with van der Waals surface area (Å²) in [6.07, 6.45) is 12.7. The summed E-state index contributed by atoms with van der Waals surface area (Å²) in [5.74, 6) is 1.34. The summed E-state index contributed by atoms with van der Waals surface area (Å²) in [6, 6.07) is 7.15. The second-order valence-corrected chi connectivity index (χ2v) is 7.42. The van der Waals surface area contributed by atoms with Crippen molar-refractivity contribution in [2.24, 2.45) is 18.7 Å². The topological polar surface area (TPSA) is 43.8 Å². The summed E-state index contributed by atoms with van der Waals surface area (Å²) in [7, 11) is 1.99. The predicted molar refractivity (Wildman–Crippen MR) is 100 cm³/mol. The number of rotatable bonds is 7. The van der Waals surface area contributed by atoms with E-state index in [0.29, 0.717) is 5.92 Å². The smallest absolute Gasteiger partial charge is 0.0521 e. The molecule has 2 atom stereocenters. The fraction of sp³-hybridized carbons (Fsp3) is 0.571. The van der Waals surface area contributed by atoms with Gasteiger partial charge in [-0.3, -0.25) is 4.68 Å². The van der Waals surface area contributed by atoms with Crippen LogP contribution in [0.25, 0.3) is 0 Å². The van der Waals surface area contributed by atoms with Crippen LogP contribution < -0.4 is 5.73 Å². The van der Waals surface area contributed by atoms with Crippen LogP contribution >= 0.6 is 0 Å². The molecule has 1 aliphatic carbocycles. The minimum Gasteiger partial charge on any atom is -0.330 e. The molecule has 2 N–H and O–H groups in total. The second-order valence-electron chi connectivity index (χ2n) is 7.42. The van der Waals surface area contributed by atoms with Gasteiger partial charge in [-0.1, -0.05) is 31.5 Å². The van der Waals surface area contributed by atoms with E-state index in [1.807, 2.05) is 17.9 Å². The van der Waals surface area contributed by atoms with Crippen LogP contribution in [-0.2, 0) is 26.3 Å². The fourth-order valence-corrected chi connectivity index (χ4v) is 4.09. The Labute approximate surface area is 146 Å². The molecule has 1 heterocycles. The van der Waals surface area contributed by atoms with E-state index in [4.69, 9.17) is 5.73 Å². The van der Waals surface area contributed by atoms with E-state index in [-0.39, 0.29) is 0 Å². The Morgan fingerprint density at radius 2 is 2.21 bits per heavy atom. The molecule has 0 saturated heterocycles. The fourth-order valence-electron chi connectivity index (χ4n) is 4.09. The number of aryl methyl sites for hydroxylation is 3. The summed E-state index contributed by atoms with van der Waals surface area (Å²) in [6.45, 7) is 3.01. The van der Waals surface area contributed by atoms with Crippen LogP contribution in [0.1, 0.15) is 60.8 Å². The van der Waals surface area contributed by atoms with Gasteiger partial charge in [0.2, 0.25) is 0 Å². The highest BCUT2D eigenvalue weighted by molar-refractivity contribution is 5.36. The molecule has 1 aromatic carbocycles. The third kappa shape index (κ3) is 4.07. The number of hydrogen-bond acceptors (Lipinski definition) is 2. The number of hydrogen-bond donors (Lipinski definition) is 1. The van der Waals surface area contributed by atoms with Gasteiger partial charge in [0.1, 0.15) is 0 Å². The first-order valence-electron chi connectivity index (χ1n) is 9.48. The molecule has 0 radical (unpaired) electrons. The molecule has 130 valence electrons. The molecule has 24 heavy (non-hydrogen) atoms. The minimum absolute atomic E-state index is 0.531. The van der Waals surface area contributed by atoms with Crippen molar-refractivity contribution in [2.45, 2.75) is 57.8 Å². The number of benzene rings is 1. The van der Waals surface area contributed by atoms with E-state index in [1.54, 1.807) is 11.1 Å². The summed E-state index contributed by atoms with van der Waals surface area (Å²) >= 11 is 0. The number of fused-ring (bicyclic) bond motifs is 1. The van der Waals surface area contributed by atoms with Crippen LogP contribution in [0.2, 0.25) is 0 Å². The van der Waals surface area contributed by atoms with Crippen LogP contribution in [0.5, 0.6) is 0 Å². The molecule has 0 saturated carbocycles. The van der Waals surface area contributed by atoms with Crippen molar-refractivity contribution in [3.8, 4) is 0 Å². The molecule has 0 fully saturated rings. The molecule has 0 aliphatic heterocycles. The molecule has 3 heteroatoms. The van der Waals surface area contributed by atoms with Crippen LogP contribution in [-0.4, -0.2) is 16.3 Å². The SMILES string of the molecule is CCCC(CN)c1ccc2c(c1)CCC(CCc1cnn(C)c1)C2. The van der Waals surface area contributed by atoms with E-state index in [1.165, 1.54) is 49.7 Å². The summed E-state index contributed by atoms with van der Waals surface area (Å²) < 4.78 is 1.90. The monoisotopic (exact) mass is 325 g/mol. The molecule has 3 rings (SSSR count). The zero-order chi connectivity index (χ0) is 16.9. The van der Waals surface area contributed by atoms with Crippen molar-refractivity contribution in [3.63, 3.8) is 0 Å². The van der Waals surface area contributed by atoms with Crippen molar-refractivity contribution in [1.82, 2.24) is 9.78 Å². The normalized spacial score (nSPS) is 18.4. The molecule has 0 bridgehead atoms. The zero-order valence-corrected chi connectivity index (χ0v) is 15.2. The molecule has 3 nitrogen and oxygen atoms in total. The van der Waals surface area contributed by atoms with Gasteiger partial charge in [0.15, 0.2) is 0 Å². The molecule has 1 aliphatic rings. The maximum absolute atomic E-state index is 5.98. The van der Waals surface area contributed by atoms with Gasteiger partial charge in [-0.15, -0.1) is 0 Å². The number of nitrogens with two attached hydrogens (primary N) is 1. The average Bonchev–Trinajstić information content (AvgIpc) is 3.02. The van der Waals surface area contributed by atoms with Gasteiger partial charge in [0, 0.05) is 13.2 Å². The van der Waals surface area contributed by atoms with Gasteiger partial charge >= 0.3 is 0 Å². The molecule has 2 aromatic rings. The Morgan fingerprint density at radius 1 is 1.33 bits per heavy atom. The molecule has 0 spiro atoms. The average molecular weight is 326 g/mol. The zero-order valence-electron chi connectivity index (χ0n) is 15.2. The van der Waals surface area contributed by atoms with Crippen molar-refractivity contribution in [2.75, 3.05) is 6.54 Å². The highest BCUT2D eigenvalue weighted by Crippen LogP contribution is 2.31. The van der Waals surface area contributed by atoms with E-state index >= 15 is 0 Å². The van der Waals surface area contributed by atoms with Crippen molar-refractivity contribution < 1.29 is 0 Å². The first-order valence-corrected chi connectivity index (χ1v) is 9.48. The number of nitrogens with zero attached hydrogens (tertiary/aromatic N) is 2. The van der Waals surface area contributed by atoms with Gasteiger partial charge in [0.25, 0.3) is 0 Å². The highest BCUT2D eigenvalue weighted by atomic mass is 15.2. The van der Waals surface area contributed by atoms with Gasteiger partial charge < -0.3 is 5.73 Å². The van der Waals surface area contributed by atoms with Gasteiger partial charge in [-0.2, -0.15) is 5.10 Å². The number of aromatic nitrogens is 2. The standard InChI is InChI=1S/C21H31N3/c1-3-4-21(13-22)20-10-9-18-11-16(7-8-19(18)12-20)5-6-17-14-23-24(2)15-17/h9-10,12,14-16,21H,3-8,11,13,22H2,1-2H3. The van der Waals surface area contributed by atoms with E-state index in [2.05, 4.69) is 36.4 Å². The second kappa shape index (κ2) is 7.98. The third-order valence-electron chi connectivity index (χ3n) is 5.55. The van der Waals surface area contributed by atoms with Gasteiger partial charge in [0.05, 0.1) is 6.20 Å². The van der Waals surface area contributed by atoms with Crippen molar-refractivity contribution in [3.05, 3.63) is 52.8 Å². The molecule has 2 unspecified atom stereocenters. The first kappa shape index (κ1) is 17.2. The maximum atomic E-state index is 5.98. The Hall–Kier alpha value is -1.61. The van der Waals surface area contributed by atoms with Crippen LogP contribution in [0.4, 0.5) is 0 Å². The predicted octanol–water partition coefficient (Wildman–Crippen LogP) is 4.00. The van der Waals surface area contributed by atoms with E-state index < -0.39 is 0 Å². The maximum Gasteiger partial charge on any atom is 0.0521 e. The van der Waals surface area contributed by atoms with Crippen molar-refractivity contribution >= 4 is 0 Å². The van der Waals surface area contributed by atoms with Gasteiger partial charge in [-0.25, -0.2) is 0 Å². The first-order chi connectivity index (χ1) is 11.7.